The summed E-state index contributed by atoms with van der Waals surface area (Å²) in [5.74, 6) is -0.572. The Labute approximate surface area is 231 Å². The maximum atomic E-state index is 13.3. The molecule has 0 saturated heterocycles. The molecule has 14 heteroatoms. The van der Waals surface area contributed by atoms with Gasteiger partial charge in [-0.05, 0) is 33.2 Å². The van der Waals surface area contributed by atoms with Gasteiger partial charge in [0.25, 0.3) is 5.24 Å². The number of carbonyl (C=O) groups excluding carboxylic acids is 2. The van der Waals surface area contributed by atoms with Gasteiger partial charge in [0.15, 0.2) is 0 Å². The summed E-state index contributed by atoms with van der Waals surface area (Å²) in [5.41, 5.74) is 2.02. The predicted molar refractivity (Wildman–Crippen MR) is 157 cm³/mol. The highest BCUT2D eigenvalue weighted by Crippen LogP contribution is 2.57. The molecule has 2 rings (SSSR count). The van der Waals surface area contributed by atoms with Crippen LogP contribution in [0.1, 0.15) is 18.1 Å². The van der Waals surface area contributed by atoms with E-state index >= 15 is 0 Å². The monoisotopic (exact) mass is 604 g/mol. The van der Waals surface area contributed by atoms with Gasteiger partial charge in [0.05, 0.1) is 12.5 Å². The largest absolute Gasteiger partial charge is 0.354 e. The molecule has 0 aliphatic heterocycles. The predicted octanol–water partition coefficient (Wildman–Crippen LogP) is 2.15. The summed E-state index contributed by atoms with van der Waals surface area (Å²) in [4.78, 5) is 26.2. The van der Waals surface area contributed by atoms with E-state index in [1.165, 1.54) is 0 Å². The summed E-state index contributed by atoms with van der Waals surface area (Å²) in [6, 6.07) is 17.8. The van der Waals surface area contributed by atoms with Crippen LogP contribution in [0, 0.1) is 0 Å². The lowest BCUT2D eigenvalue weighted by Crippen LogP contribution is -2.49. The van der Waals surface area contributed by atoms with Gasteiger partial charge in [0.2, 0.25) is 26.0 Å². The summed E-state index contributed by atoms with van der Waals surface area (Å²) < 4.78 is 53.2. The zero-order chi connectivity index (χ0) is 28.2. The third-order valence-electron chi connectivity index (χ3n) is 5.18. The third kappa shape index (κ3) is 11.7. The molecule has 0 radical (unpaired) electrons. The summed E-state index contributed by atoms with van der Waals surface area (Å²) >= 11 is 0. The average molecular weight is 605 g/mol. The molecule has 0 fully saturated rings. The molecule has 10 nitrogen and oxygen atoms in total. The Morgan fingerprint density at radius 3 is 1.74 bits per heavy atom. The van der Waals surface area contributed by atoms with Crippen LogP contribution in [0.4, 0.5) is 4.79 Å². The molecule has 38 heavy (non-hydrogen) atoms. The van der Waals surface area contributed by atoms with Crippen molar-refractivity contribution < 1.29 is 26.4 Å². The Bertz CT molecular complexity index is 1260. The van der Waals surface area contributed by atoms with Crippen LogP contribution in [-0.2, 0) is 37.7 Å². The van der Waals surface area contributed by atoms with Crippen molar-refractivity contribution in [2.45, 2.75) is 25.8 Å². The van der Waals surface area contributed by atoms with E-state index < -0.39 is 46.5 Å². The molecule has 0 heterocycles. The van der Waals surface area contributed by atoms with Crippen molar-refractivity contribution in [1.82, 2.24) is 19.5 Å². The molecule has 0 bridgehead atoms. The first kappa shape index (κ1) is 32.1. The minimum atomic E-state index is -3.80. The van der Waals surface area contributed by atoms with Gasteiger partial charge in [0, 0.05) is 24.6 Å². The van der Waals surface area contributed by atoms with Gasteiger partial charge < -0.3 is 10.6 Å². The van der Waals surface area contributed by atoms with Crippen LogP contribution in [0.15, 0.2) is 60.7 Å². The van der Waals surface area contributed by atoms with Gasteiger partial charge in [0.1, 0.15) is 6.04 Å². The Morgan fingerprint density at radius 2 is 1.29 bits per heavy atom. The van der Waals surface area contributed by atoms with Crippen molar-refractivity contribution in [2.24, 2.45) is 0 Å². The van der Waals surface area contributed by atoms with Crippen LogP contribution >= 0.6 is 20.0 Å². The van der Waals surface area contributed by atoms with Crippen molar-refractivity contribution in [2.75, 3.05) is 37.1 Å². The molecular formula is C24H36N4O6S4. The zero-order valence-corrected chi connectivity index (χ0v) is 24.9. The van der Waals surface area contributed by atoms with E-state index in [0.29, 0.717) is 12.8 Å². The highest BCUT2D eigenvalue weighted by molar-refractivity contribution is 8.99. The van der Waals surface area contributed by atoms with Gasteiger partial charge in [-0.1, -0.05) is 78.4 Å². The molecular weight excluding hydrogens is 569 g/mol. The smallest absolute Gasteiger partial charge is 0.283 e. The third-order valence-corrected chi connectivity index (χ3v) is 14.0. The van der Waals surface area contributed by atoms with E-state index in [9.17, 15) is 26.4 Å². The fourth-order valence-corrected chi connectivity index (χ4v) is 12.3. The molecule has 2 atom stereocenters. The van der Waals surface area contributed by atoms with E-state index in [1.54, 1.807) is 6.92 Å². The Hall–Kier alpha value is -2.10. The number of carbonyl (C=O) groups is 2. The summed E-state index contributed by atoms with van der Waals surface area (Å²) in [7, 11) is -9.38. The van der Waals surface area contributed by atoms with Crippen molar-refractivity contribution in [3.8, 4) is 0 Å². The zero-order valence-electron chi connectivity index (χ0n) is 21.7. The second kappa shape index (κ2) is 14.9. The molecule has 2 amide bonds. The highest BCUT2D eigenvalue weighted by atomic mass is 33.2. The van der Waals surface area contributed by atoms with Gasteiger partial charge in [-0.2, -0.15) is 4.13 Å². The molecule has 0 aliphatic rings. The maximum absolute atomic E-state index is 13.3. The molecule has 0 aromatic heterocycles. The van der Waals surface area contributed by atoms with Crippen LogP contribution in [-0.4, -0.2) is 71.1 Å². The molecule has 212 valence electrons. The van der Waals surface area contributed by atoms with Crippen molar-refractivity contribution in [3.05, 3.63) is 71.8 Å². The molecule has 2 unspecified atom stereocenters. The minimum Gasteiger partial charge on any atom is -0.354 e. The van der Waals surface area contributed by atoms with Crippen molar-refractivity contribution >= 4 is 51.2 Å². The van der Waals surface area contributed by atoms with Crippen molar-refractivity contribution in [1.29, 1.82) is 0 Å². The number of rotatable bonds is 15. The SMILES string of the molecule is CCS(NS(C)(=O)=O)(SCC(NS(C)(=O)=O)C(=O)NCCc1ccccc1)C(=O)NCCc1ccccc1. The number of sulfonamides is 2. The molecule has 4 N–H and O–H groups in total. The number of hydrogen-bond donors (Lipinski definition) is 4. The number of hydrogen-bond acceptors (Lipinski definition) is 7. The van der Waals surface area contributed by atoms with Gasteiger partial charge in [-0.15, -0.1) is 0 Å². The van der Waals surface area contributed by atoms with Crippen LogP contribution < -0.4 is 19.5 Å². The molecule has 0 spiro atoms. The first-order valence-corrected chi connectivity index (χ1v) is 19.0. The standard InChI is InChI=1S/C24H36N4O6S4/c1-4-38(28-37(3,33)34,24(30)26-18-16-21-13-9-6-10-14-21)35-19-22(27-36(2,31)32)23(29)25-17-15-20-11-7-5-8-12-20/h5-14,22,27-28H,4,15-19H2,1-3H3,(H,25,29)(H,26,30). The molecule has 2 aromatic rings. The fourth-order valence-electron chi connectivity index (χ4n) is 3.41. The maximum Gasteiger partial charge on any atom is 0.283 e. The van der Waals surface area contributed by atoms with E-state index in [1.807, 2.05) is 60.7 Å². The summed E-state index contributed by atoms with van der Waals surface area (Å²) in [5, 5.41) is 5.05. The fraction of sp³-hybridized carbons (Fsp3) is 0.417. The van der Waals surface area contributed by atoms with Crippen molar-refractivity contribution in [3.63, 3.8) is 0 Å². The molecule has 0 saturated carbocycles. The first-order chi connectivity index (χ1) is 17.8. The second-order valence-corrected chi connectivity index (χ2v) is 17.8. The number of nitrogens with one attached hydrogen (secondary N) is 4. The van der Waals surface area contributed by atoms with Crippen LogP contribution in [0.25, 0.3) is 0 Å². The number of benzene rings is 2. The van der Waals surface area contributed by atoms with Gasteiger partial charge in [-0.25, -0.2) is 21.6 Å². The molecule has 2 aromatic carbocycles. The quantitative estimate of drug-likeness (QED) is 0.228. The van der Waals surface area contributed by atoms with Crippen LogP contribution in [0.5, 0.6) is 0 Å². The van der Waals surface area contributed by atoms with E-state index in [4.69, 9.17) is 0 Å². The summed E-state index contributed by atoms with van der Waals surface area (Å²) in [6.45, 7) is 2.24. The van der Waals surface area contributed by atoms with Crippen LogP contribution in [0.2, 0.25) is 0 Å². The molecule has 0 aliphatic carbocycles. The number of amides is 2. The lowest BCUT2D eigenvalue weighted by molar-refractivity contribution is -0.122. The normalized spacial score (nSPS) is 15.1. The van der Waals surface area contributed by atoms with E-state index in [-0.39, 0.29) is 24.6 Å². The van der Waals surface area contributed by atoms with E-state index in [2.05, 4.69) is 19.5 Å². The van der Waals surface area contributed by atoms with Crippen LogP contribution in [0.3, 0.4) is 0 Å². The minimum absolute atomic E-state index is 0.142. The topological polar surface area (TPSA) is 151 Å². The van der Waals surface area contributed by atoms with E-state index in [0.717, 1.165) is 34.4 Å². The highest BCUT2D eigenvalue weighted by Gasteiger charge is 2.36. The first-order valence-electron chi connectivity index (χ1n) is 11.9. The van der Waals surface area contributed by atoms with Gasteiger partial charge >= 0.3 is 0 Å². The lowest BCUT2D eigenvalue weighted by Gasteiger charge is -2.36. The summed E-state index contributed by atoms with van der Waals surface area (Å²) in [6.07, 6.45) is 3.00. The average Bonchev–Trinajstić information content (AvgIpc) is 2.85. The van der Waals surface area contributed by atoms with Gasteiger partial charge in [-0.3, -0.25) is 9.59 Å². The lowest BCUT2D eigenvalue weighted by atomic mass is 10.1. The Balaban J connectivity index is 2.13. The Kier molecular flexibility index (Phi) is 12.6. The Morgan fingerprint density at radius 1 is 0.789 bits per heavy atom. The second-order valence-electron chi connectivity index (χ2n) is 8.52.